The van der Waals surface area contributed by atoms with Gasteiger partial charge in [-0.2, -0.15) is 0 Å². The number of carbonyl (C=O) groups is 1. The first-order valence-electron chi connectivity index (χ1n) is 11.2. The number of aryl methyl sites for hydroxylation is 2. The summed E-state index contributed by atoms with van der Waals surface area (Å²) >= 11 is 0. The van der Waals surface area contributed by atoms with Crippen LogP contribution >= 0.6 is 0 Å². The van der Waals surface area contributed by atoms with Gasteiger partial charge in [-0.1, -0.05) is 18.2 Å². The first-order valence-corrected chi connectivity index (χ1v) is 11.2. The average molecular weight is 492 g/mol. The number of anilines is 2. The summed E-state index contributed by atoms with van der Waals surface area (Å²) in [5.74, 6) is -1.11. The molecule has 0 saturated carbocycles. The fourth-order valence-electron chi connectivity index (χ4n) is 4.15. The predicted molar refractivity (Wildman–Crippen MR) is 137 cm³/mol. The zero-order chi connectivity index (χ0) is 26.5. The zero-order valence-corrected chi connectivity index (χ0v) is 20.5. The number of nitrogens with zero attached hydrogens (tertiary/aromatic N) is 2. The van der Waals surface area contributed by atoms with Crippen molar-refractivity contribution in [3.8, 4) is 5.69 Å². The Hall–Kier alpha value is -4.47. The van der Waals surface area contributed by atoms with Gasteiger partial charge in [0.25, 0.3) is 11.1 Å². The molecule has 186 valence electrons. The van der Waals surface area contributed by atoms with Crippen LogP contribution in [0, 0.1) is 19.7 Å². The van der Waals surface area contributed by atoms with E-state index in [1.807, 2.05) is 0 Å². The molecule has 0 spiro atoms. The van der Waals surface area contributed by atoms with Gasteiger partial charge in [0.2, 0.25) is 5.91 Å². The Morgan fingerprint density at radius 3 is 2.42 bits per heavy atom. The van der Waals surface area contributed by atoms with E-state index in [4.69, 9.17) is 5.73 Å². The number of nitrogens with one attached hydrogen (secondary N) is 2. The molecule has 9 nitrogen and oxygen atoms in total. The lowest BCUT2D eigenvalue weighted by atomic mass is 9.84. The molecule has 4 N–H and O–H groups in total. The highest BCUT2D eigenvalue weighted by molar-refractivity contribution is 5.93. The number of aromatic nitrogens is 3. The number of pyridine rings is 1. The summed E-state index contributed by atoms with van der Waals surface area (Å²) in [6, 6.07) is 11.1. The number of fused-ring (bicyclic) bond motifs is 1. The minimum absolute atomic E-state index is 0.00580. The lowest BCUT2D eigenvalue weighted by Crippen LogP contribution is -2.36. The van der Waals surface area contributed by atoms with Gasteiger partial charge in [-0.25, -0.2) is 9.18 Å². The number of halogens is 1. The molecule has 0 fully saturated rings. The molecule has 0 bridgehead atoms. The van der Waals surface area contributed by atoms with Gasteiger partial charge in [0.15, 0.2) is 0 Å². The number of hydrogen-bond acceptors (Lipinski definition) is 5. The average Bonchev–Trinajstić information content (AvgIpc) is 2.81. The monoisotopic (exact) mass is 491 g/mol. The first-order chi connectivity index (χ1) is 16.8. The van der Waals surface area contributed by atoms with Crippen LogP contribution in [-0.2, 0) is 17.3 Å². The molecule has 10 heteroatoms. The molecule has 4 rings (SSSR count). The van der Waals surface area contributed by atoms with Gasteiger partial charge in [-0.3, -0.25) is 28.5 Å². The maximum Gasteiger partial charge on any atom is 0.333 e. The van der Waals surface area contributed by atoms with E-state index in [-0.39, 0.29) is 28.0 Å². The van der Waals surface area contributed by atoms with Crippen molar-refractivity contribution in [2.75, 3.05) is 5.32 Å². The van der Waals surface area contributed by atoms with E-state index in [2.05, 4.69) is 10.3 Å². The van der Waals surface area contributed by atoms with Gasteiger partial charge in [0.05, 0.1) is 22.3 Å². The van der Waals surface area contributed by atoms with Crippen molar-refractivity contribution >= 4 is 28.3 Å². The van der Waals surface area contributed by atoms with Crippen molar-refractivity contribution in [3.05, 3.63) is 96.2 Å². The number of benzene rings is 2. The normalized spacial score (nSPS) is 11.6. The number of primary amides is 1. The van der Waals surface area contributed by atoms with Crippen LogP contribution in [0.25, 0.3) is 16.6 Å². The number of rotatable bonds is 5. The highest BCUT2D eigenvalue weighted by Gasteiger charge is 2.28. The van der Waals surface area contributed by atoms with Crippen LogP contribution in [0.15, 0.2) is 56.8 Å². The summed E-state index contributed by atoms with van der Waals surface area (Å²) in [7, 11) is 1.45. The zero-order valence-electron chi connectivity index (χ0n) is 20.5. The van der Waals surface area contributed by atoms with Crippen LogP contribution in [0.5, 0.6) is 0 Å². The molecule has 36 heavy (non-hydrogen) atoms. The van der Waals surface area contributed by atoms with Gasteiger partial charge in [0.1, 0.15) is 17.0 Å². The van der Waals surface area contributed by atoms with E-state index in [9.17, 15) is 23.6 Å². The van der Waals surface area contributed by atoms with Gasteiger partial charge in [0, 0.05) is 12.6 Å². The molecule has 4 aromatic rings. The fraction of sp³-hybridized carbons (Fsp3) is 0.231. The molecule has 1 amide bonds. The molecule has 0 aliphatic carbocycles. The maximum absolute atomic E-state index is 14.6. The number of carbonyl (C=O) groups excluding carboxylic acids is 1. The van der Waals surface area contributed by atoms with E-state index >= 15 is 0 Å². The van der Waals surface area contributed by atoms with E-state index in [0.29, 0.717) is 16.8 Å². The second-order valence-corrected chi connectivity index (χ2v) is 9.30. The molecular formula is C26H26FN5O4. The maximum atomic E-state index is 14.6. The van der Waals surface area contributed by atoms with E-state index in [0.717, 1.165) is 0 Å². The van der Waals surface area contributed by atoms with Crippen LogP contribution in [0.2, 0.25) is 0 Å². The summed E-state index contributed by atoms with van der Waals surface area (Å²) in [5, 5.41) is 2.85. The quantitative estimate of drug-likeness (QED) is 0.395. The highest BCUT2D eigenvalue weighted by Crippen LogP contribution is 2.28. The summed E-state index contributed by atoms with van der Waals surface area (Å²) in [5.41, 5.74) is 4.36. The Balaban J connectivity index is 2.09. The lowest BCUT2D eigenvalue weighted by Gasteiger charge is -2.23. The Morgan fingerprint density at radius 1 is 1.08 bits per heavy atom. The predicted octanol–water partition coefficient (Wildman–Crippen LogP) is 2.64. The van der Waals surface area contributed by atoms with Crippen molar-refractivity contribution in [1.29, 1.82) is 0 Å². The smallest absolute Gasteiger partial charge is 0.333 e. The van der Waals surface area contributed by atoms with Crippen LogP contribution in [0.3, 0.4) is 0 Å². The standard InChI is InChI=1S/C26H26FN5O4/c1-13-9-10-18(17(27)11-13)29-21-19-20(14(2)23(34)31(21)5)32(25(36)30-22(19)33)16-8-6-7-15(12-16)26(3,4)24(28)35/h6-12,29H,1-5H3,(H2,28,35)(H,30,33,36). The molecule has 2 heterocycles. The van der Waals surface area contributed by atoms with E-state index < -0.39 is 33.9 Å². The van der Waals surface area contributed by atoms with Crippen LogP contribution in [0.1, 0.15) is 30.5 Å². The fourth-order valence-corrected chi connectivity index (χ4v) is 4.15. The van der Waals surface area contributed by atoms with E-state index in [1.165, 1.54) is 35.2 Å². The Morgan fingerprint density at radius 2 is 1.78 bits per heavy atom. The molecule has 0 radical (unpaired) electrons. The summed E-state index contributed by atoms with van der Waals surface area (Å²) < 4.78 is 17.1. The molecular weight excluding hydrogens is 465 g/mol. The minimum Gasteiger partial charge on any atom is -0.369 e. The molecule has 0 aliphatic heterocycles. The molecule has 0 aliphatic rings. The molecule has 0 atom stereocenters. The first kappa shape index (κ1) is 24.6. The molecule has 0 saturated heterocycles. The van der Waals surface area contributed by atoms with Crippen LogP contribution < -0.4 is 27.9 Å². The van der Waals surface area contributed by atoms with Gasteiger partial charge < -0.3 is 11.1 Å². The SMILES string of the molecule is Cc1ccc(Nc2c3c(=O)[nH]c(=O)n(-c4cccc(C(C)(C)C(N)=O)c4)c3c(C)c(=O)n2C)c(F)c1. The lowest BCUT2D eigenvalue weighted by molar-refractivity contribution is -0.122. The third-order valence-corrected chi connectivity index (χ3v) is 6.48. The Kier molecular flexibility index (Phi) is 5.91. The largest absolute Gasteiger partial charge is 0.369 e. The molecule has 2 aromatic carbocycles. The van der Waals surface area contributed by atoms with Gasteiger partial charge in [-0.15, -0.1) is 0 Å². The van der Waals surface area contributed by atoms with Crippen LogP contribution in [0.4, 0.5) is 15.9 Å². The number of hydrogen-bond donors (Lipinski definition) is 3. The summed E-state index contributed by atoms with van der Waals surface area (Å²) in [4.78, 5) is 53.7. The molecule has 2 aromatic heterocycles. The topological polar surface area (TPSA) is 132 Å². The second-order valence-electron chi connectivity index (χ2n) is 9.30. The molecule has 0 unspecified atom stereocenters. The Bertz CT molecular complexity index is 1730. The minimum atomic E-state index is -1.04. The summed E-state index contributed by atoms with van der Waals surface area (Å²) in [6.07, 6.45) is 0. The van der Waals surface area contributed by atoms with Crippen LogP contribution in [-0.4, -0.2) is 20.0 Å². The van der Waals surface area contributed by atoms with Gasteiger partial charge >= 0.3 is 5.69 Å². The van der Waals surface area contributed by atoms with Crippen molar-refractivity contribution in [3.63, 3.8) is 0 Å². The third-order valence-electron chi connectivity index (χ3n) is 6.48. The number of nitrogens with two attached hydrogens (primary N) is 1. The second kappa shape index (κ2) is 8.63. The number of amides is 1. The highest BCUT2D eigenvalue weighted by atomic mass is 19.1. The van der Waals surface area contributed by atoms with Crippen molar-refractivity contribution in [2.45, 2.75) is 33.1 Å². The van der Waals surface area contributed by atoms with Crippen molar-refractivity contribution in [1.82, 2.24) is 14.1 Å². The number of H-pyrrole nitrogens is 1. The van der Waals surface area contributed by atoms with Gasteiger partial charge in [-0.05, 0) is 63.1 Å². The number of aromatic amines is 1. The third kappa shape index (κ3) is 3.90. The van der Waals surface area contributed by atoms with E-state index in [1.54, 1.807) is 51.1 Å². The van der Waals surface area contributed by atoms with Crippen molar-refractivity contribution in [2.24, 2.45) is 12.8 Å². The Labute approximate surface area is 205 Å². The summed E-state index contributed by atoms with van der Waals surface area (Å²) in [6.45, 7) is 6.55. The van der Waals surface area contributed by atoms with Crippen molar-refractivity contribution < 1.29 is 9.18 Å².